The molecule has 0 radical (unpaired) electrons. The zero-order valence-corrected chi connectivity index (χ0v) is 7.66. The molecule has 3 unspecified atom stereocenters. The lowest BCUT2D eigenvalue weighted by Gasteiger charge is -2.05. The van der Waals surface area contributed by atoms with Gasteiger partial charge in [0.05, 0.1) is 0 Å². The third kappa shape index (κ3) is 2.89. The largest absolute Gasteiger partial charge is 0.328 e. The van der Waals surface area contributed by atoms with Crippen LogP contribution >= 0.6 is 12.4 Å². The molecule has 1 aliphatic rings. The van der Waals surface area contributed by atoms with Crippen LogP contribution in [0.25, 0.3) is 0 Å². The van der Waals surface area contributed by atoms with Gasteiger partial charge < -0.3 is 5.73 Å². The fourth-order valence-electron chi connectivity index (χ4n) is 1.28. The summed E-state index contributed by atoms with van der Waals surface area (Å²) in [7, 11) is 0. The predicted octanol–water partition coefficient (Wildman–Crippen LogP) is 2.19. The Morgan fingerprint density at radius 2 is 2.10 bits per heavy atom. The molecule has 0 aromatic heterocycles. The topological polar surface area (TPSA) is 26.0 Å². The van der Waals surface area contributed by atoms with Crippen LogP contribution in [0, 0.1) is 11.8 Å². The molecule has 10 heavy (non-hydrogen) atoms. The highest BCUT2D eigenvalue weighted by Crippen LogP contribution is 2.41. The Morgan fingerprint density at radius 3 is 2.40 bits per heavy atom. The Balaban J connectivity index is 0.000000810. The molecule has 0 amide bonds. The van der Waals surface area contributed by atoms with Crippen LogP contribution in [0.15, 0.2) is 0 Å². The van der Waals surface area contributed by atoms with Gasteiger partial charge in [-0.1, -0.05) is 13.8 Å². The summed E-state index contributed by atoms with van der Waals surface area (Å²) < 4.78 is 0. The SMILES string of the molecule is CCC(N)CC1CC1C.Cl. The molecule has 1 aliphatic carbocycles. The van der Waals surface area contributed by atoms with Gasteiger partial charge in [0.25, 0.3) is 0 Å². The molecule has 0 bridgehead atoms. The summed E-state index contributed by atoms with van der Waals surface area (Å²) in [6.45, 7) is 4.48. The summed E-state index contributed by atoms with van der Waals surface area (Å²) in [5.74, 6) is 1.95. The molecule has 1 nitrogen and oxygen atoms in total. The first-order valence-electron chi connectivity index (χ1n) is 3.99. The molecule has 1 rings (SSSR count). The number of nitrogens with two attached hydrogens (primary N) is 1. The quantitative estimate of drug-likeness (QED) is 0.679. The summed E-state index contributed by atoms with van der Waals surface area (Å²) in [5.41, 5.74) is 5.78. The Bertz CT molecular complexity index is 93.3. The van der Waals surface area contributed by atoms with Gasteiger partial charge in [-0.15, -0.1) is 12.4 Å². The summed E-state index contributed by atoms with van der Waals surface area (Å²) in [6.07, 6.45) is 3.83. The molecule has 0 aliphatic heterocycles. The molecular formula is C8H18ClN. The fraction of sp³-hybridized carbons (Fsp3) is 1.00. The molecule has 62 valence electrons. The molecule has 2 N–H and O–H groups in total. The molecule has 0 aromatic rings. The van der Waals surface area contributed by atoms with Crippen molar-refractivity contribution in [3.05, 3.63) is 0 Å². The number of hydrogen-bond donors (Lipinski definition) is 1. The van der Waals surface area contributed by atoms with Gasteiger partial charge in [0.15, 0.2) is 0 Å². The Morgan fingerprint density at radius 1 is 1.60 bits per heavy atom. The van der Waals surface area contributed by atoms with Crippen LogP contribution < -0.4 is 5.73 Å². The third-order valence-corrected chi connectivity index (χ3v) is 2.41. The fourth-order valence-corrected chi connectivity index (χ4v) is 1.28. The van der Waals surface area contributed by atoms with Crippen molar-refractivity contribution in [2.75, 3.05) is 0 Å². The van der Waals surface area contributed by atoms with Crippen molar-refractivity contribution in [1.29, 1.82) is 0 Å². The van der Waals surface area contributed by atoms with Crippen LogP contribution in [0.2, 0.25) is 0 Å². The molecule has 1 fully saturated rings. The summed E-state index contributed by atoms with van der Waals surface area (Å²) >= 11 is 0. The van der Waals surface area contributed by atoms with E-state index in [9.17, 15) is 0 Å². The molecular weight excluding hydrogens is 146 g/mol. The zero-order valence-electron chi connectivity index (χ0n) is 6.84. The lowest BCUT2D eigenvalue weighted by Crippen LogP contribution is -2.19. The molecule has 0 aromatic carbocycles. The Hall–Kier alpha value is 0.250. The molecule has 2 heteroatoms. The second-order valence-electron chi connectivity index (χ2n) is 3.38. The van der Waals surface area contributed by atoms with Crippen LogP contribution in [0.5, 0.6) is 0 Å². The Labute approximate surface area is 69.8 Å². The van der Waals surface area contributed by atoms with Crippen LogP contribution in [-0.2, 0) is 0 Å². The maximum Gasteiger partial charge on any atom is 0.00389 e. The predicted molar refractivity (Wildman–Crippen MR) is 47.4 cm³/mol. The van der Waals surface area contributed by atoms with Crippen LogP contribution in [0.1, 0.15) is 33.1 Å². The van der Waals surface area contributed by atoms with Crippen LogP contribution in [0.3, 0.4) is 0 Å². The first kappa shape index (κ1) is 10.2. The van der Waals surface area contributed by atoms with Crippen molar-refractivity contribution in [3.8, 4) is 0 Å². The summed E-state index contributed by atoms with van der Waals surface area (Å²) in [4.78, 5) is 0. The van der Waals surface area contributed by atoms with Gasteiger partial charge >= 0.3 is 0 Å². The van der Waals surface area contributed by atoms with E-state index in [1.165, 1.54) is 12.8 Å². The maximum atomic E-state index is 5.78. The van der Waals surface area contributed by atoms with Gasteiger partial charge in [-0.25, -0.2) is 0 Å². The number of rotatable bonds is 3. The molecule has 0 saturated heterocycles. The lowest BCUT2D eigenvalue weighted by molar-refractivity contribution is 0.536. The normalized spacial score (nSPS) is 32.7. The van der Waals surface area contributed by atoms with Crippen LogP contribution in [-0.4, -0.2) is 6.04 Å². The van der Waals surface area contributed by atoms with Gasteiger partial charge in [0, 0.05) is 6.04 Å². The molecule has 3 atom stereocenters. The molecule has 0 heterocycles. The highest BCUT2D eigenvalue weighted by Gasteiger charge is 2.32. The highest BCUT2D eigenvalue weighted by atomic mass is 35.5. The van der Waals surface area contributed by atoms with E-state index in [1.807, 2.05) is 0 Å². The monoisotopic (exact) mass is 163 g/mol. The van der Waals surface area contributed by atoms with E-state index in [-0.39, 0.29) is 12.4 Å². The van der Waals surface area contributed by atoms with Crippen LogP contribution in [0.4, 0.5) is 0 Å². The van der Waals surface area contributed by atoms with Gasteiger partial charge in [-0.2, -0.15) is 0 Å². The van der Waals surface area contributed by atoms with Gasteiger partial charge in [-0.3, -0.25) is 0 Å². The van der Waals surface area contributed by atoms with Crippen molar-refractivity contribution in [3.63, 3.8) is 0 Å². The minimum atomic E-state index is 0. The standard InChI is InChI=1S/C8H17N.ClH/c1-3-8(9)5-7-4-6(7)2;/h6-8H,3-5,9H2,1-2H3;1H. The van der Waals surface area contributed by atoms with Crippen molar-refractivity contribution in [1.82, 2.24) is 0 Å². The summed E-state index contributed by atoms with van der Waals surface area (Å²) in [5, 5.41) is 0. The minimum Gasteiger partial charge on any atom is -0.328 e. The third-order valence-electron chi connectivity index (χ3n) is 2.41. The number of hydrogen-bond acceptors (Lipinski definition) is 1. The minimum absolute atomic E-state index is 0. The van der Waals surface area contributed by atoms with E-state index in [1.54, 1.807) is 0 Å². The van der Waals surface area contributed by atoms with Gasteiger partial charge in [-0.05, 0) is 31.1 Å². The second-order valence-corrected chi connectivity index (χ2v) is 3.38. The second kappa shape index (κ2) is 4.20. The van der Waals surface area contributed by atoms with Crippen molar-refractivity contribution in [2.45, 2.75) is 39.2 Å². The van der Waals surface area contributed by atoms with Crippen molar-refractivity contribution >= 4 is 12.4 Å². The average molecular weight is 164 g/mol. The highest BCUT2D eigenvalue weighted by molar-refractivity contribution is 5.85. The zero-order chi connectivity index (χ0) is 6.85. The molecule has 0 spiro atoms. The number of halogens is 1. The average Bonchev–Trinajstić information content (AvgIpc) is 2.47. The van der Waals surface area contributed by atoms with Crippen molar-refractivity contribution < 1.29 is 0 Å². The van der Waals surface area contributed by atoms with E-state index in [2.05, 4.69) is 13.8 Å². The lowest BCUT2D eigenvalue weighted by atomic mass is 10.1. The van der Waals surface area contributed by atoms with Crippen molar-refractivity contribution in [2.24, 2.45) is 17.6 Å². The van der Waals surface area contributed by atoms with Gasteiger partial charge in [0.1, 0.15) is 0 Å². The van der Waals surface area contributed by atoms with Gasteiger partial charge in [0.2, 0.25) is 0 Å². The molecule has 1 saturated carbocycles. The van der Waals surface area contributed by atoms with E-state index < -0.39 is 0 Å². The Kier molecular flexibility index (Phi) is 4.30. The summed E-state index contributed by atoms with van der Waals surface area (Å²) in [6, 6.07) is 0.472. The van der Waals surface area contributed by atoms with E-state index in [4.69, 9.17) is 5.73 Å². The first-order valence-corrected chi connectivity index (χ1v) is 3.99. The first-order chi connectivity index (χ1) is 4.24. The van der Waals surface area contributed by atoms with E-state index in [0.29, 0.717) is 6.04 Å². The maximum absolute atomic E-state index is 5.78. The smallest absolute Gasteiger partial charge is 0.00389 e. The van der Waals surface area contributed by atoms with E-state index in [0.717, 1.165) is 18.3 Å². The van der Waals surface area contributed by atoms with E-state index >= 15 is 0 Å².